The van der Waals surface area contributed by atoms with Crippen molar-refractivity contribution in [2.45, 2.75) is 19.4 Å². The van der Waals surface area contributed by atoms with Gasteiger partial charge in [-0.2, -0.15) is 0 Å². The van der Waals surface area contributed by atoms with Crippen LogP contribution in [0.25, 0.3) is 0 Å². The van der Waals surface area contributed by atoms with Crippen molar-refractivity contribution in [3.8, 4) is 0 Å². The summed E-state index contributed by atoms with van der Waals surface area (Å²) in [4.78, 5) is 12.2. The highest BCUT2D eigenvalue weighted by Crippen LogP contribution is 2.17. The average Bonchev–Trinajstić information content (AvgIpc) is 2.48. The third-order valence-corrected chi connectivity index (χ3v) is 3.34. The van der Waals surface area contributed by atoms with E-state index in [1.807, 2.05) is 18.2 Å². The van der Waals surface area contributed by atoms with Gasteiger partial charge in [0.05, 0.1) is 6.04 Å². The first kappa shape index (κ1) is 15.2. The van der Waals surface area contributed by atoms with Crippen LogP contribution in [0.1, 0.15) is 34.5 Å². The molecule has 0 saturated heterocycles. The Bertz CT molecular complexity index is 628. The fraction of sp³-hybridized carbons (Fsp3) is 0.235. The molecule has 3 N–H and O–H groups in total. The molecule has 0 fully saturated rings. The minimum Gasteiger partial charge on any atom is -0.345 e. The van der Waals surface area contributed by atoms with E-state index in [2.05, 4.69) is 5.32 Å². The molecule has 2 aromatic carbocycles. The summed E-state index contributed by atoms with van der Waals surface area (Å²) in [5.74, 6) is -0.535. The highest BCUT2D eigenvalue weighted by atomic mass is 19.1. The van der Waals surface area contributed by atoms with Crippen LogP contribution in [-0.2, 0) is 6.42 Å². The molecule has 1 unspecified atom stereocenters. The van der Waals surface area contributed by atoms with E-state index in [0.717, 1.165) is 12.0 Å². The van der Waals surface area contributed by atoms with Crippen molar-refractivity contribution in [3.63, 3.8) is 0 Å². The SMILES string of the molecule is CC(NC(=O)c1cccc(CCN)c1)c1ccccc1F. The van der Waals surface area contributed by atoms with E-state index in [-0.39, 0.29) is 11.7 Å². The predicted octanol–water partition coefficient (Wildman–Crippen LogP) is 2.82. The van der Waals surface area contributed by atoms with Gasteiger partial charge in [0.1, 0.15) is 5.82 Å². The van der Waals surface area contributed by atoms with Gasteiger partial charge >= 0.3 is 0 Å². The summed E-state index contributed by atoms with van der Waals surface area (Å²) >= 11 is 0. The maximum Gasteiger partial charge on any atom is 0.251 e. The Morgan fingerprint density at radius 3 is 2.71 bits per heavy atom. The van der Waals surface area contributed by atoms with Gasteiger partial charge in [0.2, 0.25) is 0 Å². The molecule has 0 aliphatic heterocycles. The van der Waals surface area contributed by atoms with Crippen molar-refractivity contribution >= 4 is 5.91 Å². The molecule has 4 heteroatoms. The second-order valence-electron chi connectivity index (χ2n) is 4.96. The fourth-order valence-electron chi connectivity index (χ4n) is 2.22. The number of halogens is 1. The molecule has 1 amide bonds. The van der Waals surface area contributed by atoms with E-state index in [0.29, 0.717) is 17.7 Å². The molecule has 0 aromatic heterocycles. The molecule has 0 aliphatic rings. The molecule has 0 spiro atoms. The first-order valence-electron chi connectivity index (χ1n) is 6.96. The smallest absolute Gasteiger partial charge is 0.251 e. The highest BCUT2D eigenvalue weighted by molar-refractivity contribution is 5.94. The third kappa shape index (κ3) is 3.89. The molecule has 0 heterocycles. The summed E-state index contributed by atoms with van der Waals surface area (Å²) in [5.41, 5.74) is 7.57. The average molecular weight is 286 g/mol. The van der Waals surface area contributed by atoms with Crippen LogP contribution in [0, 0.1) is 5.82 Å². The van der Waals surface area contributed by atoms with Gasteiger partial charge < -0.3 is 11.1 Å². The van der Waals surface area contributed by atoms with Gasteiger partial charge in [-0.05, 0) is 43.7 Å². The number of carbonyl (C=O) groups excluding carboxylic acids is 1. The van der Waals surface area contributed by atoms with Crippen molar-refractivity contribution in [2.24, 2.45) is 5.73 Å². The van der Waals surface area contributed by atoms with Crippen molar-refractivity contribution in [1.82, 2.24) is 5.32 Å². The molecule has 21 heavy (non-hydrogen) atoms. The van der Waals surface area contributed by atoms with Crippen molar-refractivity contribution in [2.75, 3.05) is 6.54 Å². The lowest BCUT2D eigenvalue weighted by Gasteiger charge is -2.15. The lowest BCUT2D eigenvalue weighted by Crippen LogP contribution is -2.27. The Hall–Kier alpha value is -2.20. The van der Waals surface area contributed by atoms with Crippen LogP contribution in [0.4, 0.5) is 4.39 Å². The maximum absolute atomic E-state index is 13.7. The van der Waals surface area contributed by atoms with Crippen LogP contribution in [0.3, 0.4) is 0 Å². The lowest BCUT2D eigenvalue weighted by molar-refractivity contribution is 0.0939. The Balaban J connectivity index is 2.11. The lowest BCUT2D eigenvalue weighted by atomic mass is 10.1. The molecule has 0 aliphatic carbocycles. The van der Waals surface area contributed by atoms with Crippen LogP contribution in [0.5, 0.6) is 0 Å². The number of hydrogen-bond acceptors (Lipinski definition) is 2. The molecular formula is C17H19FN2O. The van der Waals surface area contributed by atoms with Gasteiger partial charge in [-0.15, -0.1) is 0 Å². The Kier molecular flexibility index (Phi) is 5.06. The van der Waals surface area contributed by atoms with Crippen LogP contribution >= 0.6 is 0 Å². The van der Waals surface area contributed by atoms with Gasteiger partial charge in [-0.1, -0.05) is 30.3 Å². The summed E-state index contributed by atoms with van der Waals surface area (Å²) < 4.78 is 13.7. The number of benzene rings is 2. The topological polar surface area (TPSA) is 55.1 Å². The van der Waals surface area contributed by atoms with Gasteiger partial charge in [-0.25, -0.2) is 4.39 Å². The van der Waals surface area contributed by atoms with Gasteiger partial charge in [-0.3, -0.25) is 4.79 Å². The molecule has 0 bridgehead atoms. The number of rotatable bonds is 5. The Morgan fingerprint density at radius 2 is 2.00 bits per heavy atom. The zero-order chi connectivity index (χ0) is 15.2. The molecule has 1 atom stereocenters. The molecule has 2 aromatic rings. The van der Waals surface area contributed by atoms with E-state index in [9.17, 15) is 9.18 Å². The van der Waals surface area contributed by atoms with E-state index < -0.39 is 6.04 Å². The zero-order valence-electron chi connectivity index (χ0n) is 12.0. The largest absolute Gasteiger partial charge is 0.345 e. The van der Waals surface area contributed by atoms with E-state index in [4.69, 9.17) is 5.73 Å². The normalized spacial score (nSPS) is 12.0. The molecule has 0 saturated carbocycles. The van der Waals surface area contributed by atoms with Crippen LogP contribution in [-0.4, -0.2) is 12.5 Å². The standard InChI is InChI=1S/C17H19FN2O/c1-12(15-7-2-3-8-16(15)18)20-17(21)14-6-4-5-13(11-14)9-10-19/h2-8,11-12H,9-10,19H2,1H3,(H,20,21). The number of hydrogen-bond donors (Lipinski definition) is 2. The van der Waals surface area contributed by atoms with Crippen LogP contribution in [0.2, 0.25) is 0 Å². The molecule has 3 nitrogen and oxygen atoms in total. The van der Waals surface area contributed by atoms with E-state index in [1.54, 1.807) is 31.2 Å². The zero-order valence-corrected chi connectivity index (χ0v) is 12.0. The Labute approximate surface area is 124 Å². The van der Waals surface area contributed by atoms with Crippen LogP contribution < -0.4 is 11.1 Å². The van der Waals surface area contributed by atoms with E-state index in [1.165, 1.54) is 6.07 Å². The first-order chi connectivity index (χ1) is 10.1. The summed E-state index contributed by atoms with van der Waals surface area (Å²) in [6.45, 7) is 2.30. The first-order valence-corrected chi connectivity index (χ1v) is 6.96. The highest BCUT2D eigenvalue weighted by Gasteiger charge is 2.14. The van der Waals surface area contributed by atoms with Crippen LogP contribution in [0.15, 0.2) is 48.5 Å². The van der Waals surface area contributed by atoms with Gasteiger partial charge in [0.25, 0.3) is 5.91 Å². The maximum atomic E-state index is 13.7. The molecule has 110 valence electrons. The summed E-state index contributed by atoms with van der Waals surface area (Å²) in [5, 5.41) is 2.81. The third-order valence-electron chi connectivity index (χ3n) is 3.34. The summed E-state index contributed by atoms with van der Waals surface area (Å²) in [6, 6.07) is 13.4. The number of amides is 1. The van der Waals surface area contributed by atoms with Crippen molar-refractivity contribution in [3.05, 3.63) is 71.0 Å². The minimum atomic E-state index is -0.392. The van der Waals surface area contributed by atoms with E-state index >= 15 is 0 Å². The Morgan fingerprint density at radius 1 is 1.24 bits per heavy atom. The van der Waals surface area contributed by atoms with Gasteiger partial charge in [0.15, 0.2) is 0 Å². The van der Waals surface area contributed by atoms with Gasteiger partial charge in [0, 0.05) is 11.1 Å². The fourth-order valence-corrected chi connectivity index (χ4v) is 2.22. The molecule has 2 rings (SSSR count). The number of nitrogens with one attached hydrogen (secondary N) is 1. The predicted molar refractivity (Wildman–Crippen MR) is 81.5 cm³/mol. The monoisotopic (exact) mass is 286 g/mol. The minimum absolute atomic E-state index is 0.218. The summed E-state index contributed by atoms with van der Waals surface area (Å²) in [7, 11) is 0. The second kappa shape index (κ2) is 6.99. The quantitative estimate of drug-likeness (QED) is 0.888. The molecule has 0 radical (unpaired) electrons. The number of carbonyl (C=O) groups is 1. The van der Waals surface area contributed by atoms with Crippen molar-refractivity contribution in [1.29, 1.82) is 0 Å². The number of nitrogens with two attached hydrogens (primary N) is 1. The summed E-state index contributed by atoms with van der Waals surface area (Å²) in [6.07, 6.45) is 0.726. The second-order valence-corrected chi connectivity index (χ2v) is 4.96. The van der Waals surface area contributed by atoms with Crippen molar-refractivity contribution < 1.29 is 9.18 Å². The molecular weight excluding hydrogens is 267 g/mol.